The molecule has 0 spiro atoms. The van der Waals surface area contributed by atoms with Gasteiger partial charge in [-0.15, -0.1) is 11.3 Å². The molecule has 0 N–H and O–H groups in total. The fraction of sp³-hybridized carbons (Fsp3) is 0.188. The first-order valence-electron chi connectivity index (χ1n) is 6.77. The van der Waals surface area contributed by atoms with E-state index >= 15 is 0 Å². The van der Waals surface area contributed by atoms with Crippen LogP contribution in [-0.4, -0.2) is 29.4 Å². The molecule has 110 valence electrons. The molecule has 0 saturated heterocycles. The zero-order valence-corrected chi connectivity index (χ0v) is 12.8. The Balaban J connectivity index is 1.84. The number of hydrogen-bond donors (Lipinski definition) is 0. The lowest BCUT2D eigenvalue weighted by atomic mass is 10.3. The second-order valence-electron chi connectivity index (χ2n) is 4.79. The summed E-state index contributed by atoms with van der Waals surface area (Å²) in [6.45, 7) is 0.381. The summed E-state index contributed by atoms with van der Waals surface area (Å²) in [5.41, 5.74) is 0.915. The molecule has 0 saturated carbocycles. The highest BCUT2D eigenvalue weighted by atomic mass is 32.1. The summed E-state index contributed by atoms with van der Waals surface area (Å²) in [6.07, 6.45) is 0.299. The van der Waals surface area contributed by atoms with Crippen LogP contribution in [0.5, 0.6) is 0 Å². The van der Waals surface area contributed by atoms with Gasteiger partial charge in [-0.05, 0) is 24.3 Å². The number of rotatable bonds is 4. The predicted octanol–water partition coefficient (Wildman–Crippen LogP) is 3.54. The molecule has 3 aromatic rings. The van der Waals surface area contributed by atoms with Crippen LogP contribution in [-0.2, 0) is 0 Å². The standard InChI is InChI=1S/C16H13N3O2S/c1-19(10-4-9-17)16(20)13-8-7-12(21-13)15-18-11-5-2-3-6-14(11)22-15/h2-3,5-8H,4,10H2,1H3. The molecule has 2 aromatic heterocycles. The van der Waals surface area contributed by atoms with Crippen LogP contribution in [0.4, 0.5) is 0 Å². The summed E-state index contributed by atoms with van der Waals surface area (Å²) in [4.78, 5) is 18.2. The average Bonchev–Trinajstić information content (AvgIpc) is 3.17. The first-order chi connectivity index (χ1) is 10.7. The molecule has 0 atom stereocenters. The number of furan rings is 1. The molecule has 6 heteroatoms. The third-order valence-corrected chi connectivity index (χ3v) is 4.28. The van der Waals surface area contributed by atoms with Crippen molar-refractivity contribution in [1.82, 2.24) is 9.88 Å². The first-order valence-corrected chi connectivity index (χ1v) is 7.59. The molecule has 5 nitrogen and oxygen atoms in total. The van der Waals surface area contributed by atoms with Crippen molar-refractivity contribution >= 4 is 27.5 Å². The zero-order chi connectivity index (χ0) is 15.5. The molecule has 0 radical (unpaired) electrons. The van der Waals surface area contributed by atoms with Crippen molar-refractivity contribution in [2.24, 2.45) is 0 Å². The van der Waals surface area contributed by atoms with Crippen LogP contribution in [0.15, 0.2) is 40.8 Å². The van der Waals surface area contributed by atoms with E-state index in [1.165, 1.54) is 16.2 Å². The third kappa shape index (κ3) is 2.71. The first kappa shape index (κ1) is 14.3. The normalized spacial score (nSPS) is 10.5. The molecule has 3 rings (SSSR count). The van der Waals surface area contributed by atoms with E-state index in [1.807, 2.05) is 30.3 Å². The smallest absolute Gasteiger partial charge is 0.289 e. The van der Waals surface area contributed by atoms with Gasteiger partial charge in [-0.25, -0.2) is 4.98 Å². The number of nitriles is 1. The summed E-state index contributed by atoms with van der Waals surface area (Å²) >= 11 is 1.52. The van der Waals surface area contributed by atoms with Gasteiger partial charge in [0.1, 0.15) is 0 Å². The Bertz CT molecular complexity index is 827. The van der Waals surface area contributed by atoms with Crippen molar-refractivity contribution < 1.29 is 9.21 Å². The van der Waals surface area contributed by atoms with E-state index in [2.05, 4.69) is 4.98 Å². The van der Waals surface area contributed by atoms with Crippen LogP contribution in [0.2, 0.25) is 0 Å². The minimum Gasteiger partial charge on any atom is -0.448 e. The average molecular weight is 311 g/mol. The number of aromatic nitrogens is 1. The second kappa shape index (κ2) is 6.00. The molecule has 1 aromatic carbocycles. The van der Waals surface area contributed by atoms with E-state index in [-0.39, 0.29) is 11.7 Å². The maximum atomic E-state index is 12.2. The maximum absolute atomic E-state index is 12.2. The van der Waals surface area contributed by atoms with Crippen molar-refractivity contribution in [3.05, 3.63) is 42.2 Å². The number of hydrogen-bond acceptors (Lipinski definition) is 5. The molecular weight excluding hydrogens is 298 g/mol. The molecule has 0 aliphatic heterocycles. The Labute approximate surface area is 131 Å². The van der Waals surface area contributed by atoms with Crippen molar-refractivity contribution in [3.8, 4) is 16.8 Å². The van der Waals surface area contributed by atoms with E-state index < -0.39 is 0 Å². The van der Waals surface area contributed by atoms with Gasteiger partial charge in [0.25, 0.3) is 5.91 Å². The topological polar surface area (TPSA) is 70.1 Å². The van der Waals surface area contributed by atoms with Gasteiger partial charge in [0.15, 0.2) is 16.5 Å². The summed E-state index contributed by atoms with van der Waals surface area (Å²) in [6, 6.07) is 13.3. The Hall–Kier alpha value is -2.65. The quantitative estimate of drug-likeness (QED) is 0.739. The minimum atomic E-state index is -0.234. The van der Waals surface area contributed by atoms with E-state index in [1.54, 1.807) is 19.2 Å². The fourth-order valence-electron chi connectivity index (χ4n) is 2.05. The predicted molar refractivity (Wildman–Crippen MR) is 84.5 cm³/mol. The van der Waals surface area contributed by atoms with Gasteiger partial charge in [-0.2, -0.15) is 5.26 Å². The highest BCUT2D eigenvalue weighted by Crippen LogP contribution is 2.31. The van der Waals surface area contributed by atoms with Crippen LogP contribution in [0.25, 0.3) is 21.0 Å². The molecule has 0 fully saturated rings. The third-order valence-electron chi connectivity index (χ3n) is 3.23. The summed E-state index contributed by atoms with van der Waals surface area (Å²) in [5, 5.41) is 9.32. The van der Waals surface area contributed by atoms with Crippen molar-refractivity contribution in [3.63, 3.8) is 0 Å². The van der Waals surface area contributed by atoms with Crippen LogP contribution in [0, 0.1) is 11.3 Å². The number of carbonyl (C=O) groups is 1. The Morgan fingerprint density at radius 1 is 1.36 bits per heavy atom. The van der Waals surface area contributed by atoms with Gasteiger partial charge in [-0.1, -0.05) is 12.1 Å². The molecule has 0 aliphatic rings. The van der Waals surface area contributed by atoms with E-state index in [0.29, 0.717) is 18.7 Å². The van der Waals surface area contributed by atoms with Gasteiger partial charge in [0.2, 0.25) is 0 Å². The number of fused-ring (bicyclic) bond motifs is 1. The number of amides is 1. The van der Waals surface area contributed by atoms with E-state index in [9.17, 15) is 4.79 Å². The SMILES string of the molecule is CN(CCC#N)C(=O)c1ccc(-c2nc3ccccc3s2)o1. The Morgan fingerprint density at radius 2 is 2.18 bits per heavy atom. The van der Waals surface area contributed by atoms with Crippen LogP contribution < -0.4 is 0 Å². The van der Waals surface area contributed by atoms with Gasteiger partial charge < -0.3 is 9.32 Å². The molecule has 2 heterocycles. The second-order valence-corrected chi connectivity index (χ2v) is 5.82. The lowest BCUT2D eigenvalue weighted by Gasteiger charge is -2.12. The van der Waals surface area contributed by atoms with E-state index in [4.69, 9.17) is 9.68 Å². The molecule has 22 heavy (non-hydrogen) atoms. The molecular formula is C16H13N3O2S. The van der Waals surface area contributed by atoms with E-state index in [0.717, 1.165) is 15.2 Å². The fourth-order valence-corrected chi connectivity index (χ4v) is 2.98. The van der Waals surface area contributed by atoms with Gasteiger partial charge in [-0.3, -0.25) is 4.79 Å². The minimum absolute atomic E-state index is 0.234. The zero-order valence-electron chi connectivity index (χ0n) is 11.9. The highest BCUT2D eigenvalue weighted by Gasteiger charge is 2.17. The molecule has 0 unspecified atom stereocenters. The number of thiazole rings is 1. The van der Waals surface area contributed by atoms with Crippen molar-refractivity contribution in [2.45, 2.75) is 6.42 Å². The lowest BCUT2D eigenvalue weighted by molar-refractivity contribution is 0.0767. The number of nitrogens with zero attached hydrogens (tertiary/aromatic N) is 3. The largest absolute Gasteiger partial charge is 0.448 e. The van der Waals surface area contributed by atoms with Gasteiger partial charge in [0, 0.05) is 13.6 Å². The monoisotopic (exact) mass is 311 g/mol. The summed E-state index contributed by atoms with van der Waals surface area (Å²) in [5.74, 6) is 0.607. The molecule has 0 bridgehead atoms. The Morgan fingerprint density at radius 3 is 2.95 bits per heavy atom. The van der Waals surface area contributed by atoms with Crippen molar-refractivity contribution in [1.29, 1.82) is 5.26 Å². The summed E-state index contributed by atoms with van der Waals surface area (Å²) in [7, 11) is 1.65. The van der Waals surface area contributed by atoms with Crippen LogP contribution in [0.1, 0.15) is 17.0 Å². The lowest BCUT2D eigenvalue weighted by Crippen LogP contribution is -2.27. The van der Waals surface area contributed by atoms with Gasteiger partial charge >= 0.3 is 0 Å². The molecule has 1 amide bonds. The number of para-hydroxylation sites is 1. The van der Waals surface area contributed by atoms with Crippen LogP contribution >= 0.6 is 11.3 Å². The highest BCUT2D eigenvalue weighted by molar-refractivity contribution is 7.21. The Kier molecular flexibility index (Phi) is 3.90. The van der Waals surface area contributed by atoms with Crippen molar-refractivity contribution in [2.75, 3.05) is 13.6 Å². The van der Waals surface area contributed by atoms with Crippen LogP contribution in [0.3, 0.4) is 0 Å². The number of carbonyl (C=O) groups excluding carboxylic acids is 1. The van der Waals surface area contributed by atoms with Gasteiger partial charge in [0.05, 0.1) is 22.7 Å². The summed E-state index contributed by atoms with van der Waals surface area (Å²) < 4.78 is 6.71. The number of benzene rings is 1. The molecule has 0 aliphatic carbocycles. The maximum Gasteiger partial charge on any atom is 0.289 e.